The van der Waals surface area contributed by atoms with Gasteiger partial charge in [0.05, 0.1) is 0 Å². The maximum atomic E-state index is 5.97. The molecule has 2 rings (SSSR count). The van der Waals surface area contributed by atoms with Crippen molar-refractivity contribution in [3.05, 3.63) is 5.82 Å². The Morgan fingerprint density at radius 3 is 3.12 bits per heavy atom. The van der Waals surface area contributed by atoms with Gasteiger partial charge in [0.25, 0.3) is 0 Å². The Labute approximate surface area is 103 Å². The fourth-order valence-corrected chi connectivity index (χ4v) is 2.39. The monoisotopic (exact) mass is 237 g/mol. The van der Waals surface area contributed by atoms with Crippen molar-refractivity contribution in [3.63, 3.8) is 0 Å². The van der Waals surface area contributed by atoms with E-state index in [9.17, 15) is 0 Å². The first kappa shape index (κ1) is 12.4. The van der Waals surface area contributed by atoms with Crippen LogP contribution >= 0.6 is 0 Å². The topological polar surface area (TPSA) is 70.8 Å². The molecule has 1 aliphatic heterocycles. The molecule has 2 heterocycles. The Balaban J connectivity index is 2.02. The van der Waals surface area contributed by atoms with E-state index in [4.69, 9.17) is 5.73 Å². The molecule has 1 aromatic rings. The van der Waals surface area contributed by atoms with E-state index in [0.29, 0.717) is 5.92 Å². The standard InChI is InChI=1S/C12H23N5/c1-3-5-9(2)11-14-12(16-15-11)17-7-4-6-10(13)8-17/h9-10H,3-8,13H2,1-2H3,(H,14,15,16). The third-order valence-corrected chi connectivity index (χ3v) is 3.42. The number of rotatable bonds is 4. The number of nitrogens with zero attached hydrogens (tertiary/aromatic N) is 3. The lowest BCUT2D eigenvalue weighted by Crippen LogP contribution is -2.43. The van der Waals surface area contributed by atoms with E-state index in [-0.39, 0.29) is 6.04 Å². The second kappa shape index (κ2) is 5.49. The molecule has 0 amide bonds. The first-order valence-electron chi connectivity index (χ1n) is 6.63. The van der Waals surface area contributed by atoms with Crippen molar-refractivity contribution in [2.24, 2.45) is 5.73 Å². The Bertz CT molecular complexity index is 348. The van der Waals surface area contributed by atoms with Gasteiger partial charge in [-0.1, -0.05) is 20.3 Å². The summed E-state index contributed by atoms with van der Waals surface area (Å²) in [5.41, 5.74) is 5.97. The van der Waals surface area contributed by atoms with Crippen molar-refractivity contribution in [2.75, 3.05) is 18.0 Å². The lowest BCUT2D eigenvalue weighted by atomic mass is 10.1. The van der Waals surface area contributed by atoms with Gasteiger partial charge < -0.3 is 10.6 Å². The van der Waals surface area contributed by atoms with Gasteiger partial charge in [0.1, 0.15) is 5.82 Å². The Kier molecular flexibility index (Phi) is 3.99. The van der Waals surface area contributed by atoms with Crippen LogP contribution in [-0.4, -0.2) is 34.3 Å². The third-order valence-electron chi connectivity index (χ3n) is 3.42. The molecule has 0 bridgehead atoms. The maximum Gasteiger partial charge on any atom is 0.244 e. The average molecular weight is 237 g/mol. The second-order valence-electron chi connectivity index (χ2n) is 5.06. The van der Waals surface area contributed by atoms with E-state index in [0.717, 1.165) is 44.1 Å². The molecule has 2 atom stereocenters. The quantitative estimate of drug-likeness (QED) is 0.835. The smallest absolute Gasteiger partial charge is 0.244 e. The van der Waals surface area contributed by atoms with Gasteiger partial charge in [-0.3, -0.25) is 5.10 Å². The summed E-state index contributed by atoms with van der Waals surface area (Å²) in [4.78, 5) is 6.78. The van der Waals surface area contributed by atoms with Gasteiger partial charge in [0, 0.05) is 25.0 Å². The zero-order valence-corrected chi connectivity index (χ0v) is 10.8. The van der Waals surface area contributed by atoms with Crippen LogP contribution in [0.25, 0.3) is 0 Å². The van der Waals surface area contributed by atoms with Crippen LogP contribution in [0.4, 0.5) is 5.95 Å². The fourth-order valence-electron chi connectivity index (χ4n) is 2.39. The van der Waals surface area contributed by atoms with Gasteiger partial charge in [0.15, 0.2) is 0 Å². The van der Waals surface area contributed by atoms with Crippen molar-refractivity contribution in [1.29, 1.82) is 0 Å². The van der Waals surface area contributed by atoms with E-state index >= 15 is 0 Å². The largest absolute Gasteiger partial charge is 0.338 e. The summed E-state index contributed by atoms with van der Waals surface area (Å²) < 4.78 is 0. The highest BCUT2D eigenvalue weighted by molar-refractivity contribution is 5.30. The molecule has 2 unspecified atom stereocenters. The maximum absolute atomic E-state index is 5.97. The Hall–Kier alpha value is -1.10. The van der Waals surface area contributed by atoms with Crippen molar-refractivity contribution in [3.8, 4) is 0 Å². The zero-order valence-electron chi connectivity index (χ0n) is 10.8. The molecule has 3 N–H and O–H groups in total. The predicted octanol–water partition coefficient (Wildman–Crippen LogP) is 1.64. The van der Waals surface area contributed by atoms with Crippen molar-refractivity contribution >= 4 is 5.95 Å². The number of nitrogens with one attached hydrogen (secondary N) is 1. The highest BCUT2D eigenvalue weighted by Gasteiger charge is 2.20. The summed E-state index contributed by atoms with van der Waals surface area (Å²) >= 11 is 0. The molecule has 5 heteroatoms. The molecule has 1 saturated heterocycles. The van der Waals surface area contributed by atoms with Crippen LogP contribution in [0.15, 0.2) is 0 Å². The normalized spacial score (nSPS) is 22.8. The van der Waals surface area contributed by atoms with Gasteiger partial charge in [0.2, 0.25) is 5.95 Å². The first-order valence-corrected chi connectivity index (χ1v) is 6.63. The van der Waals surface area contributed by atoms with E-state index in [1.807, 2.05) is 0 Å². The molecule has 1 aromatic heterocycles. The van der Waals surface area contributed by atoms with Crippen LogP contribution in [0, 0.1) is 0 Å². The van der Waals surface area contributed by atoms with Gasteiger partial charge >= 0.3 is 0 Å². The van der Waals surface area contributed by atoms with Gasteiger partial charge in [-0.25, -0.2) is 0 Å². The van der Waals surface area contributed by atoms with Crippen LogP contribution in [0.3, 0.4) is 0 Å². The Morgan fingerprint density at radius 2 is 2.41 bits per heavy atom. The number of nitrogens with two attached hydrogens (primary N) is 1. The number of piperidine rings is 1. The van der Waals surface area contributed by atoms with Gasteiger partial charge in [-0.2, -0.15) is 4.98 Å². The lowest BCUT2D eigenvalue weighted by Gasteiger charge is -2.29. The number of hydrogen-bond donors (Lipinski definition) is 2. The fraction of sp³-hybridized carbons (Fsp3) is 0.833. The second-order valence-corrected chi connectivity index (χ2v) is 5.06. The van der Waals surface area contributed by atoms with E-state index in [1.54, 1.807) is 0 Å². The van der Waals surface area contributed by atoms with Gasteiger partial charge in [-0.05, 0) is 19.3 Å². The number of aromatic amines is 1. The van der Waals surface area contributed by atoms with Crippen LogP contribution in [0.1, 0.15) is 51.3 Å². The molecule has 1 fully saturated rings. The summed E-state index contributed by atoms with van der Waals surface area (Å²) in [6.07, 6.45) is 4.56. The van der Waals surface area contributed by atoms with Crippen LogP contribution in [-0.2, 0) is 0 Å². The first-order chi connectivity index (χ1) is 8.20. The molecule has 96 valence electrons. The molecular formula is C12H23N5. The van der Waals surface area contributed by atoms with E-state index < -0.39 is 0 Å². The number of hydrogen-bond acceptors (Lipinski definition) is 4. The SMILES string of the molecule is CCCC(C)c1nc(N2CCCC(N)C2)n[nH]1. The minimum absolute atomic E-state index is 0.263. The number of H-pyrrole nitrogens is 1. The molecular weight excluding hydrogens is 214 g/mol. The number of aromatic nitrogens is 3. The van der Waals surface area contributed by atoms with Crippen LogP contribution in [0.5, 0.6) is 0 Å². The molecule has 17 heavy (non-hydrogen) atoms. The van der Waals surface area contributed by atoms with Gasteiger partial charge in [-0.15, -0.1) is 5.10 Å². The summed E-state index contributed by atoms with van der Waals surface area (Å²) in [5, 5.41) is 7.37. The van der Waals surface area contributed by atoms with Crippen molar-refractivity contribution in [2.45, 2.75) is 51.5 Å². The molecule has 0 aliphatic carbocycles. The van der Waals surface area contributed by atoms with Crippen molar-refractivity contribution in [1.82, 2.24) is 15.2 Å². The molecule has 0 aromatic carbocycles. The summed E-state index contributed by atoms with van der Waals surface area (Å²) in [7, 11) is 0. The van der Waals surface area contributed by atoms with E-state index in [2.05, 4.69) is 33.9 Å². The average Bonchev–Trinajstić information content (AvgIpc) is 2.78. The summed E-state index contributed by atoms with van der Waals surface area (Å²) in [6, 6.07) is 0.263. The summed E-state index contributed by atoms with van der Waals surface area (Å²) in [6.45, 7) is 6.28. The molecule has 0 saturated carbocycles. The highest BCUT2D eigenvalue weighted by Crippen LogP contribution is 2.20. The van der Waals surface area contributed by atoms with Crippen LogP contribution < -0.4 is 10.6 Å². The molecule has 5 nitrogen and oxygen atoms in total. The van der Waals surface area contributed by atoms with Crippen molar-refractivity contribution < 1.29 is 0 Å². The lowest BCUT2D eigenvalue weighted by molar-refractivity contribution is 0.500. The van der Waals surface area contributed by atoms with Crippen LogP contribution in [0.2, 0.25) is 0 Å². The molecule has 1 aliphatic rings. The Morgan fingerprint density at radius 1 is 1.59 bits per heavy atom. The zero-order chi connectivity index (χ0) is 12.3. The molecule has 0 radical (unpaired) electrons. The predicted molar refractivity (Wildman–Crippen MR) is 69.1 cm³/mol. The third kappa shape index (κ3) is 2.97. The highest BCUT2D eigenvalue weighted by atomic mass is 15.4. The minimum Gasteiger partial charge on any atom is -0.338 e. The summed E-state index contributed by atoms with van der Waals surface area (Å²) in [5.74, 6) is 2.28. The minimum atomic E-state index is 0.263. The number of anilines is 1. The molecule has 0 spiro atoms. The van der Waals surface area contributed by atoms with E-state index in [1.165, 1.54) is 6.42 Å².